The maximum Gasteiger partial charge on any atom is 0.229 e. The van der Waals surface area contributed by atoms with Gasteiger partial charge in [0.1, 0.15) is 5.75 Å². The van der Waals surface area contributed by atoms with Crippen LogP contribution in [0.3, 0.4) is 0 Å². The molecule has 0 saturated carbocycles. The van der Waals surface area contributed by atoms with Crippen LogP contribution in [0.25, 0.3) is 6.08 Å². The molecule has 1 N–H and O–H groups in total. The van der Waals surface area contributed by atoms with Gasteiger partial charge in [-0.15, -0.1) is 0 Å². The summed E-state index contributed by atoms with van der Waals surface area (Å²) in [5.41, 5.74) is 1.74. The molecular weight excluding hydrogens is 394 g/mol. The van der Waals surface area contributed by atoms with Gasteiger partial charge in [0.05, 0.1) is 17.8 Å². The van der Waals surface area contributed by atoms with Gasteiger partial charge in [-0.1, -0.05) is 12.1 Å². The minimum atomic E-state index is -3.33. The topological polar surface area (TPSA) is 72.5 Å². The number of halogens is 1. The van der Waals surface area contributed by atoms with Gasteiger partial charge in [-0.05, 0) is 64.0 Å². The molecule has 0 saturated heterocycles. The lowest BCUT2D eigenvalue weighted by Gasteiger charge is -2.04. The van der Waals surface area contributed by atoms with Crippen molar-refractivity contribution in [2.75, 3.05) is 18.1 Å². The van der Waals surface area contributed by atoms with Crippen LogP contribution in [-0.4, -0.2) is 27.6 Å². The minimum Gasteiger partial charge on any atom is -0.496 e. The summed E-state index contributed by atoms with van der Waals surface area (Å²) in [4.78, 5) is 12.2. The van der Waals surface area contributed by atoms with Crippen molar-refractivity contribution in [2.24, 2.45) is 0 Å². The Hall–Kier alpha value is -2.12. The first-order valence-corrected chi connectivity index (χ1v) is 9.61. The Bertz CT molecular complexity index is 874. The van der Waals surface area contributed by atoms with Gasteiger partial charge in [0.2, 0.25) is 10.0 Å². The molecule has 0 aromatic heterocycles. The second kappa shape index (κ2) is 7.63. The summed E-state index contributed by atoms with van der Waals surface area (Å²) in [6.45, 7) is 0. The first kappa shape index (κ1) is 18.2. The van der Waals surface area contributed by atoms with Crippen molar-refractivity contribution < 1.29 is 17.9 Å². The Kier molecular flexibility index (Phi) is 5.80. The van der Waals surface area contributed by atoms with Crippen LogP contribution in [0.15, 0.2) is 53.0 Å². The molecule has 0 spiro atoms. The Morgan fingerprint density at radius 2 is 1.83 bits per heavy atom. The number of carbonyl (C=O) groups is 1. The van der Waals surface area contributed by atoms with Crippen molar-refractivity contribution in [1.29, 1.82) is 0 Å². The van der Waals surface area contributed by atoms with Crippen LogP contribution in [0.4, 0.5) is 5.69 Å². The van der Waals surface area contributed by atoms with Gasteiger partial charge in [-0.25, -0.2) is 8.42 Å². The van der Waals surface area contributed by atoms with Gasteiger partial charge >= 0.3 is 0 Å². The highest BCUT2D eigenvalue weighted by atomic mass is 79.9. The van der Waals surface area contributed by atoms with E-state index < -0.39 is 10.0 Å². The van der Waals surface area contributed by atoms with E-state index >= 15 is 0 Å². The number of ether oxygens (including phenoxy) is 1. The quantitative estimate of drug-likeness (QED) is 0.582. The Morgan fingerprint density at radius 1 is 1.17 bits per heavy atom. The molecule has 0 aliphatic carbocycles. The van der Waals surface area contributed by atoms with Crippen LogP contribution in [0.1, 0.15) is 15.9 Å². The monoisotopic (exact) mass is 409 g/mol. The van der Waals surface area contributed by atoms with Crippen LogP contribution in [0.2, 0.25) is 0 Å². The van der Waals surface area contributed by atoms with Crippen LogP contribution >= 0.6 is 15.9 Å². The lowest BCUT2D eigenvalue weighted by Crippen LogP contribution is -2.09. The highest BCUT2D eigenvalue weighted by Gasteiger charge is 2.05. The number of hydrogen-bond donors (Lipinski definition) is 1. The Morgan fingerprint density at radius 3 is 2.38 bits per heavy atom. The average Bonchev–Trinajstić information content (AvgIpc) is 2.52. The number of nitrogens with one attached hydrogen (secondary N) is 1. The number of hydrogen-bond acceptors (Lipinski definition) is 4. The summed E-state index contributed by atoms with van der Waals surface area (Å²) in [7, 11) is -1.75. The summed E-state index contributed by atoms with van der Waals surface area (Å²) in [5, 5.41) is 0. The number of sulfonamides is 1. The molecule has 0 heterocycles. The minimum absolute atomic E-state index is 0.173. The van der Waals surface area contributed by atoms with Gasteiger partial charge in [0.25, 0.3) is 0 Å². The zero-order chi connectivity index (χ0) is 17.7. The van der Waals surface area contributed by atoms with Crippen molar-refractivity contribution in [2.45, 2.75) is 0 Å². The summed E-state index contributed by atoms with van der Waals surface area (Å²) in [6.07, 6.45) is 4.24. The highest BCUT2D eigenvalue weighted by Crippen LogP contribution is 2.26. The highest BCUT2D eigenvalue weighted by molar-refractivity contribution is 9.10. The predicted octanol–water partition coefficient (Wildman–Crippen LogP) is 3.73. The first-order chi connectivity index (χ1) is 11.3. The second-order valence-corrected chi connectivity index (χ2v) is 7.65. The molecule has 0 aliphatic heterocycles. The standard InChI is InChI=1S/C17H16BrNO4S/c1-23-17-10-4-12(11-15(17)18)3-9-16(20)13-5-7-14(8-6-13)19-24(2,21)22/h3-11,19H,1-2H3. The number of ketones is 1. The van der Waals surface area contributed by atoms with Crippen LogP contribution in [0.5, 0.6) is 5.75 Å². The molecule has 2 aromatic carbocycles. The number of anilines is 1. The van der Waals surface area contributed by atoms with Crippen LogP contribution < -0.4 is 9.46 Å². The maximum absolute atomic E-state index is 12.2. The fourth-order valence-corrected chi connectivity index (χ4v) is 3.09. The molecule has 2 aromatic rings. The van der Waals surface area contributed by atoms with E-state index in [2.05, 4.69) is 20.7 Å². The third-order valence-corrected chi connectivity index (χ3v) is 4.30. The number of methoxy groups -OCH3 is 1. The van der Waals surface area contributed by atoms with E-state index in [9.17, 15) is 13.2 Å². The smallest absolute Gasteiger partial charge is 0.229 e. The maximum atomic E-state index is 12.2. The third kappa shape index (κ3) is 5.21. The van der Waals surface area contributed by atoms with Crippen molar-refractivity contribution in [1.82, 2.24) is 0 Å². The number of carbonyl (C=O) groups excluding carboxylic acids is 1. The average molecular weight is 410 g/mol. The van der Waals surface area contributed by atoms with Crippen LogP contribution in [-0.2, 0) is 10.0 Å². The third-order valence-electron chi connectivity index (χ3n) is 3.08. The molecule has 7 heteroatoms. The zero-order valence-electron chi connectivity index (χ0n) is 13.1. The lowest BCUT2D eigenvalue weighted by atomic mass is 10.1. The van der Waals surface area contributed by atoms with Gasteiger partial charge < -0.3 is 4.74 Å². The summed E-state index contributed by atoms with van der Waals surface area (Å²) in [5.74, 6) is 0.542. The molecule has 0 atom stereocenters. The SMILES string of the molecule is COc1ccc(C=CC(=O)c2ccc(NS(C)(=O)=O)cc2)cc1Br. The van der Waals surface area contributed by atoms with E-state index in [1.54, 1.807) is 43.5 Å². The largest absolute Gasteiger partial charge is 0.496 e. The molecule has 0 radical (unpaired) electrons. The van der Waals surface area contributed by atoms with Crippen molar-refractivity contribution >= 4 is 43.5 Å². The Labute approximate surface area is 149 Å². The number of rotatable bonds is 6. The molecule has 0 fully saturated rings. The predicted molar refractivity (Wildman–Crippen MR) is 99.0 cm³/mol. The summed E-state index contributed by atoms with van der Waals surface area (Å²) in [6, 6.07) is 11.7. The van der Waals surface area contributed by atoms with E-state index in [4.69, 9.17) is 4.74 Å². The fraction of sp³-hybridized carbons (Fsp3) is 0.118. The fourth-order valence-electron chi connectivity index (χ4n) is 1.97. The molecule has 0 unspecified atom stereocenters. The molecule has 126 valence electrons. The molecule has 0 bridgehead atoms. The van der Waals surface area contributed by atoms with E-state index in [0.29, 0.717) is 17.0 Å². The van der Waals surface area contributed by atoms with Crippen LogP contribution in [0, 0.1) is 0 Å². The number of benzene rings is 2. The van der Waals surface area contributed by atoms with Gasteiger partial charge in [-0.3, -0.25) is 9.52 Å². The zero-order valence-corrected chi connectivity index (χ0v) is 15.5. The van der Waals surface area contributed by atoms with Crippen molar-refractivity contribution in [3.63, 3.8) is 0 Å². The molecule has 5 nitrogen and oxygen atoms in total. The van der Waals surface area contributed by atoms with E-state index in [1.807, 2.05) is 12.1 Å². The molecule has 0 aliphatic rings. The molecule has 2 rings (SSSR count). The molecule has 0 amide bonds. The van der Waals surface area contributed by atoms with Gasteiger partial charge in [-0.2, -0.15) is 0 Å². The summed E-state index contributed by atoms with van der Waals surface area (Å²) < 4.78 is 30.6. The summed E-state index contributed by atoms with van der Waals surface area (Å²) >= 11 is 3.39. The molecule has 24 heavy (non-hydrogen) atoms. The second-order valence-electron chi connectivity index (χ2n) is 5.04. The van der Waals surface area contributed by atoms with E-state index in [1.165, 1.54) is 6.08 Å². The normalized spacial score (nSPS) is 11.5. The molecular formula is C17H16BrNO4S. The van der Waals surface area contributed by atoms with E-state index in [0.717, 1.165) is 16.3 Å². The van der Waals surface area contributed by atoms with Gasteiger partial charge in [0, 0.05) is 11.3 Å². The Balaban J connectivity index is 2.10. The van der Waals surface area contributed by atoms with E-state index in [-0.39, 0.29) is 5.78 Å². The van der Waals surface area contributed by atoms with Crippen molar-refractivity contribution in [3.8, 4) is 5.75 Å². The number of allylic oxidation sites excluding steroid dienone is 1. The van der Waals surface area contributed by atoms with Crippen molar-refractivity contribution in [3.05, 3.63) is 64.1 Å². The lowest BCUT2D eigenvalue weighted by molar-refractivity contribution is 0.104. The first-order valence-electron chi connectivity index (χ1n) is 6.92. The van der Waals surface area contributed by atoms with Gasteiger partial charge in [0.15, 0.2) is 5.78 Å².